The van der Waals surface area contributed by atoms with E-state index in [0.29, 0.717) is 5.69 Å². The fraction of sp³-hybridized carbons (Fsp3) is 0.412. The van der Waals surface area contributed by atoms with Crippen LogP contribution >= 0.6 is 11.6 Å². The van der Waals surface area contributed by atoms with Crippen LogP contribution in [0.25, 0.3) is 5.69 Å². The van der Waals surface area contributed by atoms with Crippen molar-refractivity contribution in [3.8, 4) is 5.69 Å². The monoisotopic (exact) mass is 365 g/mol. The van der Waals surface area contributed by atoms with Crippen molar-refractivity contribution >= 4 is 23.2 Å². The second-order valence-electron chi connectivity index (χ2n) is 6.01. The van der Waals surface area contributed by atoms with Gasteiger partial charge in [0.05, 0.1) is 21.4 Å². The standard InChI is InChI=1S/C17H21ClN4O3/c1-5-11(6-2)16-19-7-8-21(16)14-10-13(18)12(17(23)20(3)4)9-15(14)22(24)25/h7-11H,5-6H2,1-4H3/p+1. The van der Waals surface area contributed by atoms with Crippen LogP contribution in [0.1, 0.15) is 48.8 Å². The molecular weight excluding hydrogens is 344 g/mol. The van der Waals surface area contributed by atoms with Gasteiger partial charge in [0.25, 0.3) is 11.7 Å². The van der Waals surface area contributed by atoms with E-state index in [9.17, 15) is 14.9 Å². The molecule has 0 fully saturated rings. The Balaban J connectivity index is 2.68. The molecule has 0 spiro atoms. The highest BCUT2D eigenvalue weighted by Crippen LogP contribution is 2.29. The van der Waals surface area contributed by atoms with Crippen LogP contribution in [0.5, 0.6) is 0 Å². The lowest BCUT2D eigenvalue weighted by Crippen LogP contribution is -2.36. The van der Waals surface area contributed by atoms with Crippen molar-refractivity contribution in [2.75, 3.05) is 14.1 Å². The number of aromatic amines is 1. The minimum atomic E-state index is -0.491. The van der Waals surface area contributed by atoms with E-state index >= 15 is 0 Å². The number of carbonyl (C=O) groups is 1. The Kier molecular flexibility index (Phi) is 5.79. The molecule has 1 amide bonds. The Morgan fingerprint density at radius 1 is 1.36 bits per heavy atom. The van der Waals surface area contributed by atoms with Gasteiger partial charge in [0, 0.05) is 26.2 Å². The first kappa shape index (κ1) is 18.9. The Hall–Kier alpha value is -2.41. The molecule has 0 bridgehead atoms. The van der Waals surface area contributed by atoms with E-state index in [1.807, 2.05) is 0 Å². The minimum absolute atomic E-state index is 0.113. The number of nitro benzene ring substituents is 1. The number of H-pyrrole nitrogens is 1. The number of amides is 1. The summed E-state index contributed by atoms with van der Waals surface area (Å²) in [6.45, 7) is 4.14. The fourth-order valence-electron chi connectivity index (χ4n) is 2.84. The van der Waals surface area contributed by atoms with E-state index in [-0.39, 0.29) is 28.1 Å². The molecule has 0 aliphatic rings. The molecule has 8 heteroatoms. The summed E-state index contributed by atoms with van der Waals surface area (Å²) in [5.74, 6) is 0.728. The van der Waals surface area contributed by atoms with Gasteiger partial charge in [-0.25, -0.2) is 4.98 Å². The summed E-state index contributed by atoms with van der Waals surface area (Å²) in [6.07, 6.45) is 5.27. The molecule has 0 aliphatic heterocycles. The maximum Gasteiger partial charge on any atom is 0.316 e. The summed E-state index contributed by atoms with van der Waals surface area (Å²) in [4.78, 5) is 27.8. The van der Waals surface area contributed by atoms with Crippen molar-refractivity contribution in [3.63, 3.8) is 0 Å². The molecular formula is C17H22ClN4O3+. The van der Waals surface area contributed by atoms with Crippen molar-refractivity contribution in [1.82, 2.24) is 9.88 Å². The van der Waals surface area contributed by atoms with E-state index < -0.39 is 4.92 Å². The van der Waals surface area contributed by atoms with Crippen LogP contribution in [-0.2, 0) is 0 Å². The summed E-state index contributed by atoms with van der Waals surface area (Å²) in [5, 5.41) is 11.8. The average molecular weight is 366 g/mol. The van der Waals surface area contributed by atoms with Crippen LogP contribution in [0.4, 0.5) is 5.69 Å². The zero-order valence-electron chi connectivity index (χ0n) is 14.7. The largest absolute Gasteiger partial charge is 0.345 e. The quantitative estimate of drug-likeness (QED) is 0.483. The second kappa shape index (κ2) is 7.65. The predicted molar refractivity (Wildman–Crippen MR) is 95.3 cm³/mol. The van der Waals surface area contributed by atoms with Gasteiger partial charge >= 0.3 is 5.69 Å². The number of hydrogen-bond donors (Lipinski definition) is 1. The molecule has 0 aliphatic carbocycles. The van der Waals surface area contributed by atoms with Crippen LogP contribution in [0.3, 0.4) is 0 Å². The second-order valence-corrected chi connectivity index (χ2v) is 6.41. The summed E-state index contributed by atoms with van der Waals surface area (Å²) in [7, 11) is 3.15. The third-order valence-corrected chi connectivity index (χ3v) is 4.56. The van der Waals surface area contributed by atoms with Crippen molar-refractivity contribution in [3.05, 3.63) is 51.1 Å². The molecule has 1 N–H and O–H groups in total. The van der Waals surface area contributed by atoms with Gasteiger partial charge < -0.3 is 4.90 Å². The first-order valence-electron chi connectivity index (χ1n) is 8.10. The number of nitro groups is 1. The van der Waals surface area contributed by atoms with Gasteiger partial charge in [-0.05, 0) is 12.8 Å². The van der Waals surface area contributed by atoms with Gasteiger partial charge in [-0.3, -0.25) is 14.9 Å². The summed E-state index contributed by atoms with van der Waals surface area (Å²) in [5.41, 5.74) is 0.294. The topological polar surface area (TPSA) is 83.1 Å². The molecule has 0 saturated heterocycles. The van der Waals surface area contributed by atoms with Crippen LogP contribution in [0, 0.1) is 10.1 Å². The van der Waals surface area contributed by atoms with Crippen LogP contribution in [0.15, 0.2) is 24.5 Å². The summed E-state index contributed by atoms with van der Waals surface area (Å²) in [6, 6.07) is 2.73. The third-order valence-electron chi connectivity index (χ3n) is 4.24. The van der Waals surface area contributed by atoms with E-state index in [0.717, 1.165) is 18.7 Å². The lowest BCUT2D eigenvalue weighted by Gasteiger charge is -2.13. The van der Waals surface area contributed by atoms with Crippen LogP contribution in [0.2, 0.25) is 5.02 Å². The van der Waals surface area contributed by atoms with Crippen molar-refractivity contribution in [2.24, 2.45) is 0 Å². The normalized spacial score (nSPS) is 11.0. The molecule has 7 nitrogen and oxygen atoms in total. The zero-order valence-corrected chi connectivity index (χ0v) is 15.5. The van der Waals surface area contributed by atoms with E-state index in [1.165, 1.54) is 17.0 Å². The molecule has 25 heavy (non-hydrogen) atoms. The number of hydrogen-bond acceptors (Lipinski definition) is 3. The first-order chi connectivity index (χ1) is 11.8. The van der Waals surface area contributed by atoms with Crippen LogP contribution < -0.4 is 4.57 Å². The van der Waals surface area contributed by atoms with Gasteiger partial charge in [-0.1, -0.05) is 25.4 Å². The van der Waals surface area contributed by atoms with E-state index in [4.69, 9.17) is 11.6 Å². The number of carbonyl (C=O) groups excluding carboxylic acids is 1. The highest BCUT2D eigenvalue weighted by atomic mass is 35.5. The number of benzene rings is 1. The fourth-order valence-corrected chi connectivity index (χ4v) is 3.08. The molecule has 2 rings (SSSR count). The Morgan fingerprint density at radius 3 is 2.52 bits per heavy atom. The average Bonchev–Trinajstić information content (AvgIpc) is 3.04. The van der Waals surface area contributed by atoms with Gasteiger partial charge in [-0.2, -0.15) is 4.57 Å². The number of nitrogens with zero attached hydrogens (tertiary/aromatic N) is 3. The molecule has 1 heterocycles. The maximum absolute atomic E-state index is 12.2. The number of aromatic nitrogens is 2. The molecule has 0 radical (unpaired) electrons. The van der Waals surface area contributed by atoms with Crippen molar-refractivity contribution in [1.29, 1.82) is 0 Å². The molecule has 134 valence electrons. The van der Waals surface area contributed by atoms with Gasteiger partial charge in [0.2, 0.25) is 5.69 Å². The van der Waals surface area contributed by atoms with Crippen molar-refractivity contribution in [2.45, 2.75) is 32.6 Å². The number of imidazole rings is 1. The smallest absolute Gasteiger partial charge is 0.316 e. The van der Waals surface area contributed by atoms with Crippen LogP contribution in [-0.4, -0.2) is 34.8 Å². The Labute approximate surface area is 151 Å². The molecule has 1 aromatic carbocycles. The third kappa shape index (κ3) is 3.66. The predicted octanol–water partition coefficient (Wildman–Crippen LogP) is 3.46. The first-order valence-corrected chi connectivity index (χ1v) is 8.48. The highest BCUT2D eigenvalue weighted by molar-refractivity contribution is 6.34. The van der Waals surface area contributed by atoms with Crippen molar-refractivity contribution < 1.29 is 14.3 Å². The molecule has 0 unspecified atom stereocenters. The number of rotatable bonds is 6. The Morgan fingerprint density at radius 2 is 2.00 bits per heavy atom. The Bertz CT molecular complexity index is 797. The van der Waals surface area contributed by atoms with E-state index in [1.54, 1.807) is 31.1 Å². The maximum atomic E-state index is 12.2. The number of halogens is 1. The SMILES string of the molecule is CCC(CC)c1[nH]cc[n+]1-c1cc(Cl)c(C(=O)N(C)C)cc1[N+](=O)[O-]. The zero-order chi connectivity index (χ0) is 18.7. The minimum Gasteiger partial charge on any atom is -0.345 e. The molecule has 0 atom stereocenters. The van der Waals surface area contributed by atoms with Gasteiger partial charge in [0.15, 0.2) is 0 Å². The lowest BCUT2D eigenvalue weighted by molar-refractivity contribution is -0.609. The summed E-state index contributed by atoms with van der Waals surface area (Å²) >= 11 is 6.27. The lowest BCUT2D eigenvalue weighted by atomic mass is 10.0. The summed E-state index contributed by atoms with van der Waals surface area (Å²) < 4.78 is 1.74. The van der Waals surface area contributed by atoms with Gasteiger partial charge in [0.1, 0.15) is 12.4 Å². The number of nitrogens with one attached hydrogen (secondary N) is 1. The molecule has 0 saturated carbocycles. The highest BCUT2D eigenvalue weighted by Gasteiger charge is 2.29. The molecule has 1 aromatic heterocycles. The van der Waals surface area contributed by atoms with Gasteiger partial charge in [-0.15, -0.1) is 0 Å². The van der Waals surface area contributed by atoms with E-state index in [2.05, 4.69) is 18.8 Å². The molecule has 2 aromatic rings.